The van der Waals surface area contributed by atoms with Crippen molar-refractivity contribution >= 4 is 55.5 Å². The molecule has 5 heteroatoms. The molecule has 0 bridgehead atoms. The predicted octanol–water partition coefficient (Wildman–Crippen LogP) is 13.8. The van der Waals surface area contributed by atoms with Gasteiger partial charge >= 0.3 is 0 Å². The Labute approximate surface area is 333 Å². The summed E-state index contributed by atoms with van der Waals surface area (Å²) in [7, 11) is 0. The van der Waals surface area contributed by atoms with E-state index in [1.165, 1.54) is 59.4 Å². The van der Waals surface area contributed by atoms with Gasteiger partial charge < -0.3 is 0 Å². The SMILES string of the molecule is c1ccc(-c2ccc(-c3nc(-c4ccccc4-c4ccc5c(c4)-n4c6c(cccc6c6c7ccccc7n(-c7ccccc7)c64)S5)nc4ccccc34)cc2)cc1. The first-order chi connectivity index (χ1) is 28.3. The molecule has 266 valence electrons. The molecule has 0 unspecified atom stereocenters. The minimum Gasteiger partial charge on any atom is -0.295 e. The Morgan fingerprint density at radius 2 is 1.07 bits per heavy atom. The minimum atomic E-state index is 0.707. The van der Waals surface area contributed by atoms with Crippen molar-refractivity contribution in [3.8, 4) is 56.3 Å². The number of hydrogen-bond donors (Lipinski definition) is 0. The van der Waals surface area contributed by atoms with Crippen molar-refractivity contribution in [3.05, 3.63) is 194 Å². The second-order valence-electron chi connectivity index (χ2n) is 14.6. The monoisotopic (exact) mass is 744 g/mol. The molecule has 12 rings (SSSR count). The van der Waals surface area contributed by atoms with E-state index >= 15 is 0 Å². The Morgan fingerprint density at radius 3 is 1.91 bits per heavy atom. The molecular formula is C52H32N4S. The molecule has 0 radical (unpaired) electrons. The highest BCUT2D eigenvalue weighted by molar-refractivity contribution is 7.99. The summed E-state index contributed by atoms with van der Waals surface area (Å²) in [5.74, 6) is 0.707. The van der Waals surface area contributed by atoms with Gasteiger partial charge in [0.2, 0.25) is 0 Å². The predicted molar refractivity (Wildman–Crippen MR) is 237 cm³/mol. The number of benzene rings is 8. The zero-order valence-electron chi connectivity index (χ0n) is 30.7. The molecule has 57 heavy (non-hydrogen) atoms. The van der Waals surface area contributed by atoms with Crippen LogP contribution in [0.5, 0.6) is 0 Å². The van der Waals surface area contributed by atoms with Gasteiger partial charge in [0.15, 0.2) is 5.82 Å². The van der Waals surface area contributed by atoms with Crippen LogP contribution in [0.25, 0.3) is 100 Å². The molecule has 3 aromatic heterocycles. The molecule has 0 spiro atoms. The van der Waals surface area contributed by atoms with E-state index in [-0.39, 0.29) is 0 Å². The van der Waals surface area contributed by atoms with Crippen molar-refractivity contribution in [1.82, 2.24) is 19.1 Å². The summed E-state index contributed by atoms with van der Waals surface area (Å²) < 4.78 is 4.94. The molecule has 0 N–H and O–H groups in total. The van der Waals surface area contributed by atoms with Crippen LogP contribution in [0.2, 0.25) is 0 Å². The maximum absolute atomic E-state index is 5.36. The first kappa shape index (κ1) is 32.1. The number of nitrogens with zero attached hydrogens (tertiary/aromatic N) is 4. The molecule has 1 aliphatic heterocycles. The van der Waals surface area contributed by atoms with Gasteiger partial charge in [-0.1, -0.05) is 163 Å². The first-order valence-electron chi connectivity index (χ1n) is 19.3. The molecule has 8 aromatic carbocycles. The van der Waals surface area contributed by atoms with E-state index in [1.54, 1.807) is 0 Å². The highest BCUT2D eigenvalue weighted by atomic mass is 32.2. The highest BCUT2D eigenvalue weighted by Crippen LogP contribution is 2.50. The van der Waals surface area contributed by atoms with Crippen LogP contribution in [-0.2, 0) is 0 Å². The Balaban J connectivity index is 1.06. The van der Waals surface area contributed by atoms with Crippen molar-refractivity contribution in [1.29, 1.82) is 0 Å². The summed E-state index contributed by atoms with van der Waals surface area (Å²) in [5, 5.41) is 4.84. The fourth-order valence-corrected chi connectivity index (χ4v) is 9.85. The third kappa shape index (κ3) is 4.96. The quantitative estimate of drug-likeness (QED) is 0.176. The maximum atomic E-state index is 5.36. The van der Waals surface area contributed by atoms with Crippen molar-refractivity contribution in [2.24, 2.45) is 0 Å². The van der Waals surface area contributed by atoms with Gasteiger partial charge in [-0.3, -0.25) is 9.13 Å². The standard InChI is InChI=1S/C52H32N4S/c1-3-14-33(15-4-1)34-26-28-35(29-27-34)49-40-20-9-11-23-43(40)53-51(54-49)39-19-8-7-18-38(39)36-30-31-46-45(32-36)56-50-42(22-13-25-47(50)57-46)48-41-21-10-12-24-44(41)55(52(48)56)37-16-5-2-6-17-37/h1-32H. The normalized spacial score (nSPS) is 12.1. The van der Waals surface area contributed by atoms with Gasteiger partial charge in [0.25, 0.3) is 0 Å². The summed E-state index contributed by atoms with van der Waals surface area (Å²) in [6.07, 6.45) is 0. The van der Waals surface area contributed by atoms with E-state index < -0.39 is 0 Å². The third-order valence-corrected chi connectivity index (χ3v) is 12.4. The highest BCUT2D eigenvalue weighted by Gasteiger charge is 2.28. The Bertz CT molecular complexity index is 3360. The maximum Gasteiger partial charge on any atom is 0.161 e. The zero-order valence-corrected chi connectivity index (χ0v) is 31.5. The van der Waals surface area contributed by atoms with Gasteiger partial charge in [0.05, 0.1) is 27.9 Å². The first-order valence-corrected chi connectivity index (χ1v) is 20.1. The minimum absolute atomic E-state index is 0.707. The van der Waals surface area contributed by atoms with Crippen LogP contribution in [0.15, 0.2) is 204 Å². The van der Waals surface area contributed by atoms with Crippen LogP contribution in [0.3, 0.4) is 0 Å². The molecule has 1 aliphatic rings. The van der Waals surface area contributed by atoms with Crippen LogP contribution in [0.4, 0.5) is 0 Å². The van der Waals surface area contributed by atoms with Crippen molar-refractivity contribution in [2.75, 3.05) is 0 Å². The number of rotatable bonds is 5. The fraction of sp³-hybridized carbons (Fsp3) is 0. The lowest BCUT2D eigenvalue weighted by Crippen LogP contribution is -2.06. The van der Waals surface area contributed by atoms with Gasteiger partial charge in [0.1, 0.15) is 5.65 Å². The third-order valence-electron chi connectivity index (χ3n) is 11.3. The number of fused-ring (bicyclic) bond motifs is 8. The van der Waals surface area contributed by atoms with E-state index in [0.717, 1.165) is 44.5 Å². The van der Waals surface area contributed by atoms with Crippen LogP contribution in [0, 0.1) is 0 Å². The smallest absolute Gasteiger partial charge is 0.161 e. The molecule has 0 fully saturated rings. The summed E-state index contributed by atoms with van der Waals surface area (Å²) in [4.78, 5) is 13.1. The van der Waals surface area contributed by atoms with Gasteiger partial charge in [-0.2, -0.15) is 0 Å². The number of aromatic nitrogens is 4. The molecule has 0 amide bonds. The van der Waals surface area contributed by atoms with Crippen LogP contribution in [-0.4, -0.2) is 19.1 Å². The lowest BCUT2D eigenvalue weighted by Gasteiger charge is -2.22. The van der Waals surface area contributed by atoms with Gasteiger partial charge in [-0.25, -0.2) is 9.97 Å². The Morgan fingerprint density at radius 1 is 0.421 bits per heavy atom. The number of hydrogen-bond acceptors (Lipinski definition) is 3. The fourth-order valence-electron chi connectivity index (χ4n) is 8.78. The molecule has 0 saturated heterocycles. The van der Waals surface area contributed by atoms with Crippen LogP contribution < -0.4 is 0 Å². The van der Waals surface area contributed by atoms with Crippen molar-refractivity contribution in [2.45, 2.75) is 9.79 Å². The molecule has 4 heterocycles. The van der Waals surface area contributed by atoms with Gasteiger partial charge in [-0.15, -0.1) is 0 Å². The topological polar surface area (TPSA) is 35.6 Å². The van der Waals surface area contributed by atoms with E-state index in [9.17, 15) is 0 Å². The second kappa shape index (κ2) is 12.7. The summed E-state index contributed by atoms with van der Waals surface area (Å²) in [5.41, 5.74) is 14.4. The Hall–Kier alpha value is -7.21. The summed E-state index contributed by atoms with van der Waals surface area (Å²) >= 11 is 1.85. The summed E-state index contributed by atoms with van der Waals surface area (Å²) in [6.45, 7) is 0. The van der Waals surface area contributed by atoms with Crippen molar-refractivity contribution < 1.29 is 0 Å². The van der Waals surface area contributed by atoms with E-state index in [0.29, 0.717) is 5.82 Å². The van der Waals surface area contributed by atoms with Crippen LogP contribution >= 0.6 is 11.8 Å². The molecule has 0 atom stereocenters. The largest absolute Gasteiger partial charge is 0.295 e. The average molecular weight is 745 g/mol. The molecule has 4 nitrogen and oxygen atoms in total. The van der Waals surface area contributed by atoms with Crippen LogP contribution in [0.1, 0.15) is 0 Å². The van der Waals surface area contributed by atoms with E-state index in [2.05, 4.69) is 203 Å². The lowest BCUT2D eigenvalue weighted by molar-refractivity contribution is 1.03. The Kier molecular flexibility index (Phi) is 7.13. The second-order valence-corrected chi connectivity index (χ2v) is 15.6. The summed E-state index contributed by atoms with van der Waals surface area (Å²) in [6, 6.07) is 69.3. The molecule has 0 saturated carbocycles. The average Bonchev–Trinajstić information content (AvgIpc) is 3.81. The zero-order chi connectivity index (χ0) is 37.5. The van der Waals surface area contributed by atoms with Crippen molar-refractivity contribution in [3.63, 3.8) is 0 Å². The molecule has 0 aliphatic carbocycles. The van der Waals surface area contributed by atoms with Gasteiger partial charge in [0, 0.05) is 48.2 Å². The lowest BCUT2D eigenvalue weighted by atomic mass is 9.97. The van der Waals surface area contributed by atoms with Gasteiger partial charge in [-0.05, 0) is 64.7 Å². The van der Waals surface area contributed by atoms with E-state index in [4.69, 9.17) is 9.97 Å². The molecule has 11 aromatic rings. The number of para-hydroxylation sites is 4. The van der Waals surface area contributed by atoms with E-state index in [1.807, 2.05) is 11.8 Å². The molecular weight excluding hydrogens is 713 g/mol.